The summed E-state index contributed by atoms with van der Waals surface area (Å²) in [5.74, 6) is 0. The quantitative estimate of drug-likeness (QED) is 0.142. The molecule has 0 nitrogen and oxygen atoms in total. The third kappa shape index (κ3) is 3.43. The second kappa shape index (κ2) is 11.6. The molecule has 0 aliphatic heterocycles. The SMILES string of the molecule is c1ccc2c(c1)c1ccc3c4ccc5c6ccc7c8ccc9c%10ccc%11c%12ccc%13c%14ccc%15c%16ccc%17c%18ccc%19c%20ccc%21c%22ccc%23c%24ccc%25c%26ccccc%26c%25c%24c%23c%22c%21c%20c%19c%18c%17c%16c%15c%14c%13c%12c%11c%10c9c8c7c6c5c4c3c21. The smallest absolute Gasteiger partial charge is 0.000717 e. The van der Waals surface area contributed by atoms with Crippen LogP contribution in [-0.4, -0.2) is 0 Å². The van der Waals surface area contributed by atoms with Crippen LogP contribution in [-0.2, 0) is 0 Å². The lowest BCUT2D eigenvalue weighted by molar-refractivity contribution is 1.81. The molecule has 0 aliphatic carbocycles. The van der Waals surface area contributed by atoms with Crippen LogP contribution in [0.25, 0.3) is 280 Å². The minimum atomic E-state index is 1.39. The maximum atomic E-state index is 2.44. The van der Waals surface area contributed by atoms with Gasteiger partial charge in [-0.25, -0.2) is 0 Å². The molecule has 0 atom stereocenters. The third-order valence-corrected chi connectivity index (χ3v) is 23.4. The number of hydrogen-bond donors (Lipinski definition) is 0. The number of fused-ring (bicyclic) bond motifs is 64. The van der Waals surface area contributed by atoms with Gasteiger partial charge in [0.25, 0.3) is 0 Å². The molecular weight excluding hydrogens is 1010 g/mol. The van der Waals surface area contributed by atoms with Crippen LogP contribution in [0.1, 0.15) is 0 Å². The van der Waals surface area contributed by atoms with E-state index in [9.17, 15) is 0 Å². The Bertz CT molecular complexity index is 7300. The molecule has 0 amide bonds. The summed E-state index contributed by atoms with van der Waals surface area (Å²) in [6.07, 6.45) is 0. The molecule has 27 aromatic carbocycles. The molecule has 0 bridgehead atoms. The molecule has 0 aromatic heterocycles. The second-order valence-corrected chi connectivity index (χ2v) is 26.0. The molecule has 0 saturated heterocycles. The van der Waals surface area contributed by atoms with E-state index in [1.807, 2.05) is 0 Å². The van der Waals surface area contributed by atoms with E-state index in [0.717, 1.165) is 0 Å². The van der Waals surface area contributed by atoms with Crippen molar-refractivity contribution in [3.8, 4) is 0 Å². The third-order valence-electron chi connectivity index (χ3n) is 23.4. The lowest BCUT2D eigenvalue weighted by Gasteiger charge is -2.29. The minimum Gasteiger partial charge on any atom is -0.0616 e. The van der Waals surface area contributed by atoms with Crippen molar-refractivity contribution < 1.29 is 0 Å². The molecule has 84 heavy (non-hydrogen) atoms. The second-order valence-electron chi connectivity index (χ2n) is 26.0. The van der Waals surface area contributed by atoms with Gasteiger partial charge >= 0.3 is 0 Å². The monoisotopic (exact) mass is 1040 g/mol. The van der Waals surface area contributed by atoms with Gasteiger partial charge in [0.1, 0.15) is 0 Å². The topological polar surface area (TPSA) is 0 Å². The number of benzene rings is 14. The van der Waals surface area contributed by atoms with E-state index in [1.54, 1.807) is 0 Å². The van der Waals surface area contributed by atoms with Gasteiger partial charge in [-0.3, -0.25) is 0 Å². The largest absolute Gasteiger partial charge is 0.0616 e. The molecule has 0 radical (unpaired) electrons. The first-order valence-corrected chi connectivity index (χ1v) is 30.1. The van der Waals surface area contributed by atoms with Crippen molar-refractivity contribution in [3.63, 3.8) is 0 Å². The summed E-state index contributed by atoms with van der Waals surface area (Å²) >= 11 is 0. The van der Waals surface area contributed by atoms with E-state index < -0.39 is 0 Å². The zero-order chi connectivity index (χ0) is 52.6. The van der Waals surface area contributed by atoms with E-state index in [2.05, 4.69) is 194 Å². The summed E-state index contributed by atoms with van der Waals surface area (Å²) in [5, 5.41) is 74.7. The van der Waals surface area contributed by atoms with Crippen molar-refractivity contribution in [2.75, 3.05) is 0 Å². The summed E-state index contributed by atoms with van der Waals surface area (Å²) < 4.78 is 0. The Labute approximate surface area is 471 Å². The van der Waals surface area contributed by atoms with Crippen LogP contribution in [0.5, 0.6) is 0 Å². The highest BCUT2D eigenvalue weighted by Crippen LogP contribution is 2.63. The van der Waals surface area contributed by atoms with Gasteiger partial charge < -0.3 is 0 Å². The molecule has 0 aliphatic rings. The molecule has 368 valence electrons. The van der Waals surface area contributed by atoms with Gasteiger partial charge in [-0.05, 0) is 280 Å². The highest BCUT2D eigenvalue weighted by Gasteiger charge is 2.34. The van der Waals surface area contributed by atoms with Gasteiger partial charge in [-0.2, -0.15) is 0 Å². The number of hydrogen-bond acceptors (Lipinski definition) is 0. The zero-order valence-corrected chi connectivity index (χ0v) is 44.5. The molecule has 0 fully saturated rings. The fourth-order valence-corrected chi connectivity index (χ4v) is 20.0. The van der Waals surface area contributed by atoms with Gasteiger partial charge in [0, 0.05) is 0 Å². The van der Waals surface area contributed by atoms with Crippen LogP contribution in [0.2, 0.25) is 0 Å². The van der Waals surface area contributed by atoms with Crippen LogP contribution in [0.3, 0.4) is 0 Å². The predicted molar refractivity (Wildman–Crippen MR) is 367 cm³/mol. The van der Waals surface area contributed by atoms with Gasteiger partial charge in [-0.1, -0.05) is 194 Å². The van der Waals surface area contributed by atoms with E-state index >= 15 is 0 Å². The predicted octanol–water partition coefficient (Wildman–Crippen LogP) is 24.4. The maximum Gasteiger partial charge on any atom is -0.000717 e. The maximum absolute atomic E-state index is 2.44. The van der Waals surface area contributed by atoms with E-state index in [-0.39, 0.29) is 0 Å². The van der Waals surface area contributed by atoms with Crippen LogP contribution in [0.4, 0.5) is 0 Å². The molecular formula is C84H32. The summed E-state index contributed by atoms with van der Waals surface area (Å²) in [7, 11) is 0. The van der Waals surface area contributed by atoms with Gasteiger partial charge in [0.05, 0.1) is 0 Å². The Kier molecular flexibility index (Phi) is 5.35. The summed E-state index contributed by atoms with van der Waals surface area (Å²) in [5.41, 5.74) is 0. The summed E-state index contributed by atoms with van der Waals surface area (Å²) in [6, 6.07) is 75.9. The van der Waals surface area contributed by atoms with Crippen molar-refractivity contribution in [1.82, 2.24) is 0 Å². The zero-order valence-electron chi connectivity index (χ0n) is 44.5. The van der Waals surface area contributed by atoms with Crippen molar-refractivity contribution in [2.45, 2.75) is 0 Å². The Morgan fingerprint density at radius 3 is 0.286 bits per heavy atom. The lowest BCUT2D eigenvalue weighted by atomic mass is 9.73. The Balaban J connectivity index is 0.726. The molecule has 0 N–H and O–H groups in total. The fraction of sp³-hybridized carbons (Fsp3) is 0. The molecule has 27 aromatic rings. The summed E-state index contributed by atoms with van der Waals surface area (Å²) in [4.78, 5) is 0. The van der Waals surface area contributed by atoms with E-state index in [4.69, 9.17) is 0 Å². The van der Waals surface area contributed by atoms with Crippen LogP contribution >= 0.6 is 0 Å². The van der Waals surface area contributed by atoms with Gasteiger partial charge in [0.2, 0.25) is 0 Å². The molecule has 0 heteroatoms. The average Bonchev–Trinajstić information content (AvgIpc) is 0.678. The van der Waals surface area contributed by atoms with Crippen LogP contribution in [0, 0.1) is 0 Å². The molecule has 27 rings (SSSR count). The highest BCUT2D eigenvalue weighted by molar-refractivity contribution is 6.62. The molecule has 0 saturated carbocycles. The number of rotatable bonds is 0. The van der Waals surface area contributed by atoms with Gasteiger partial charge in [0.15, 0.2) is 0 Å². The van der Waals surface area contributed by atoms with Crippen molar-refractivity contribution in [2.24, 2.45) is 0 Å². The fourth-order valence-electron chi connectivity index (χ4n) is 20.0. The Hall–Kier alpha value is -10.9. The minimum absolute atomic E-state index is 1.39. The molecule has 0 unspecified atom stereocenters. The van der Waals surface area contributed by atoms with Crippen LogP contribution < -0.4 is 0 Å². The van der Waals surface area contributed by atoms with Gasteiger partial charge in [-0.15, -0.1) is 0 Å². The lowest BCUT2D eigenvalue weighted by Crippen LogP contribution is -2.00. The average molecular weight is 1040 g/mol. The summed E-state index contributed by atoms with van der Waals surface area (Å²) in [6.45, 7) is 0. The highest BCUT2D eigenvalue weighted by atomic mass is 14.4. The van der Waals surface area contributed by atoms with Crippen molar-refractivity contribution in [1.29, 1.82) is 0 Å². The molecule has 0 spiro atoms. The Morgan fingerprint density at radius 2 is 0.155 bits per heavy atom. The van der Waals surface area contributed by atoms with E-state index in [1.165, 1.54) is 280 Å². The Morgan fingerprint density at radius 1 is 0.0714 bits per heavy atom. The van der Waals surface area contributed by atoms with Crippen LogP contribution in [0.15, 0.2) is 194 Å². The standard InChI is InChI=1S/C84H32/c1-3-7-35-33(5-1)37-9-11-39-41-13-15-43-45-17-19-47-49-21-23-51-53-25-27-55-57-29-31-59-60-32-30-58-56-28-26-54-52-24-22-50-48-20-18-46-44-16-14-42-40-12-10-38-34-6-2-4-8-36(34)62(38)64(40)66(42)68(44)70(46)72(48)74(50)76(52)78(54)80(56)82(58)84(60)83(59)81(57)79(55)77(53)75(51)73(49)71(47)69(45)67(43)65(41)63(39)61(35)37/h1-32H. The normalized spacial score (nSPS) is 14.2. The van der Waals surface area contributed by atoms with Crippen molar-refractivity contribution in [3.05, 3.63) is 194 Å². The molecule has 0 heterocycles. The van der Waals surface area contributed by atoms with Crippen molar-refractivity contribution >= 4 is 280 Å². The first-order valence-electron chi connectivity index (χ1n) is 30.1. The first-order chi connectivity index (χ1) is 41.8. The van der Waals surface area contributed by atoms with E-state index in [0.29, 0.717) is 0 Å². The first kappa shape index (κ1) is 38.7.